The zero-order valence-electron chi connectivity index (χ0n) is 12.9. The van der Waals surface area contributed by atoms with Gasteiger partial charge in [0, 0.05) is 37.7 Å². The van der Waals surface area contributed by atoms with Gasteiger partial charge >= 0.3 is 0 Å². The molecule has 0 bridgehead atoms. The molecule has 0 spiro atoms. The number of rotatable bonds is 8. The molecule has 0 aliphatic carbocycles. The van der Waals surface area contributed by atoms with Crippen molar-refractivity contribution in [2.75, 3.05) is 0 Å². The Hall–Kier alpha value is -0.0403. The molecule has 0 aliphatic heterocycles. The molecule has 0 amide bonds. The summed E-state index contributed by atoms with van der Waals surface area (Å²) in [5.74, 6) is 0. The SMILES string of the molecule is CCCCCCCCCc1cccc2ccccc12.[Ca]. The summed E-state index contributed by atoms with van der Waals surface area (Å²) in [4.78, 5) is 0. The molecule has 0 unspecified atom stereocenters. The van der Waals surface area contributed by atoms with E-state index in [2.05, 4.69) is 49.4 Å². The summed E-state index contributed by atoms with van der Waals surface area (Å²) in [6, 6.07) is 15.4. The molecule has 0 nitrogen and oxygen atoms in total. The van der Waals surface area contributed by atoms with E-state index in [-0.39, 0.29) is 37.7 Å². The Balaban J connectivity index is 0.00000200. The quantitative estimate of drug-likeness (QED) is 0.429. The standard InChI is InChI=1S/C19H26.Ca/c1-2-3-4-5-6-7-8-12-17-14-11-15-18-13-9-10-16-19(17)18;/h9-11,13-16H,2-8,12H2,1H3;. The maximum Gasteiger partial charge on any atom is 0 e. The molecule has 2 radical (unpaired) electrons. The van der Waals surface area contributed by atoms with Crippen molar-refractivity contribution in [2.24, 2.45) is 0 Å². The zero-order chi connectivity index (χ0) is 13.3. The van der Waals surface area contributed by atoms with Gasteiger partial charge in [0.2, 0.25) is 0 Å². The summed E-state index contributed by atoms with van der Waals surface area (Å²) in [7, 11) is 0. The fraction of sp³-hybridized carbons (Fsp3) is 0.474. The van der Waals surface area contributed by atoms with E-state index in [1.807, 2.05) is 0 Å². The van der Waals surface area contributed by atoms with Crippen molar-refractivity contribution in [3.05, 3.63) is 48.0 Å². The van der Waals surface area contributed by atoms with Gasteiger partial charge in [0.15, 0.2) is 0 Å². The van der Waals surface area contributed by atoms with E-state index in [0.29, 0.717) is 0 Å². The summed E-state index contributed by atoms with van der Waals surface area (Å²) in [5, 5.41) is 2.82. The van der Waals surface area contributed by atoms with Gasteiger partial charge in [0.05, 0.1) is 0 Å². The van der Waals surface area contributed by atoms with Gasteiger partial charge in [-0.15, -0.1) is 0 Å². The smallest absolute Gasteiger partial charge is 0 e. The summed E-state index contributed by atoms with van der Waals surface area (Å²) < 4.78 is 0. The first-order chi connectivity index (χ1) is 9.42. The van der Waals surface area contributed by atoms with Crippen molar-refractivity contribution in [3.63, 3.8) is 0 Å². The molecule has 104 valence electrons. The van der Waals surface area contributed by atoms with Gasteiger partial charge in [-0.05, 0) is 29.2 Å². The molecule has 0 aromatic heterocycles. The van der Waals surface area contributed by atoms with Gasteiger partial charge in [0.1, 0.15) is 0 Å². The Morgan fingerprint density at radius 3 is 2.15 bits per heavy atom. The fourth-order valence-electron chi connectivity index (χ4n) is 2.78. The van der Waals surface area contributed by atoms with Crippen molar-refractivity contribution >= 4 is 48.5 Å². The second-order valence-electron chi connectivity index (χ2n) is 5.51. The number of hydrogen-bond acceptors (Lipinski definition) is 0. The van der Waals surface area contributed by atoms with Crippen LogP contribution in [0, 0.1) is 0 Å². The van der Waals surface area contributed by atoms with Crippen molar-refractivity contribution < 1.29 is 0 Å². The van der Waals surface area contributed by atoms with Crippen LogP contribution in [0.5, 0.6) is 0 Å². The van der Waals surface area contributed by atoms with Crippen LogP contribution in [0.3, 0.4) is 0 Å². The zero-order valence-corrected chi connectivity index (χ0v) is 15.1. The van der Waals surface area contributed by atoms with Crippen LogP contribution in [0.2, 0.25) is 0 Å². The monoisotopic (exact) mass is 294 g/mol. The third-order valence-corrected chi connectivity index (χ3v) is 3.93. The first kappa shape index (κ1) is 18.0. The number of unbranched alkanes of at least 4 members (excludes halogenated alkanes) is 6. The molecule has 0 aliphatic rings. The summed E-state index contributed by atoms with van der Waals surface area (Å²) in [6.07, 6.45) is 10.9. The molecule has 0 saturated carbocycles. The maximum atomic E-state index is 2.29. The van der Waals surface area contributed by atoms with Crippen LogP contribution in [0.25, 0.3) is 10.8 Å². The van der Waals surface area contributed by atoms with Gasteiger partial charge in [-0.1, -0.05) is 87.9 Å². The second kappa shape index (κ2) is 10.7. The molecule has 0 heterocycles. The molecule has 2 aromatic carbocycles. The first-order valence-corrected chi connectivity index (χ1v) is 7.88. The Morgan fingerprint density at radius 1 is 0.700 bits per heavy atom. The Bertz CT molecular complexity index is 485. The predicted octanol–water partition coefficient (Wildman–Crippen LogP) is 5.75. The molecule has 20 heavy (non-hydrogen) atoms. The van der Waals surface area contributed by atoms with Gasteiger partial charge in [-0.2, -0.15) is 0 Å². The van der Waals surface area contributed by atoms with Crippen LogP contribution in [-0.2, 0) is 6.42 Å². The Kier molecular flexibility index (Phi) is 9.59. The average molecular weight is 294 g/mol. The number of hydrogen-bond donors (Lipinski definition) is 0. The average Bonchev–Trinajstić information content (AvgIpc) is 2.46. The van der Waals surface area contributed by atoms with E-state index in [4.69, 9.17) is 0 Å². The van der Waals surface area contributed by atoms with Crippen LogP contribution < -0.4 is 0 Å². The third-order valence-electron chi connectivity index (χ3n) is 3.93. The fourth-order valence-corrected chi connectivity index (χ4v) is 2.78. The normalized spacial score (nSPS) is 10.4. The van der Waals surface area contributed by atoms with E-state index in [9.17, 15) is 0 Å². The summed E-state index contributed by atoms with van der Waals surface area (Å²) >= 11 is 0. The number of aryl methyl sites for hydroxylation is 1. The van der Waals surface area contributed by atoms with Crippen LogP contribution in [0.1, 0.15) is 57.4 Å². The van der Waals surface area contributed by atoms with Crippen molar-refractivity contribution in [3.8, 4) is 0 Å². The van der Waals surface area contributed by atoms with Crippen LogP contribution in [-0.4, -0.2) is 37.7 Å². The minimum atomic E-state index is 0. The number of fused-ring (bicyclic) bond motifs is 1. The van der Waals surface area contributed by atoms with E-state index < -0.39 is 0 Å². The molecule has 0 saturated heterocycles. The third kappa shape index (κ3) is 5.76. The molecule has 1 heteroatoms. The molecular formula is C19H26Ca. The summed E-state index contributed by atoms with van der Waals surface area (Å²) in [6.45, 7) is 2.28. The van der Waals surface area contributed by atoms with Gasteiger partial charge < -0.3 is 0 Å². The molecular weight excluding hydrogens is 268 g/mol. The van der Waals surface area contributed by atoms with Crippen LogP contribution in [0.4, 0.5) is 0 Å². The molecule has 0 atom stereocenters. The topological polar surface area (TPSA) is 0 Å². The van der Waals surface area contributed by atoms with E-state index >= 15 is 0 Å². The van der Waals surface area contributed by atoms with Crippen molar-refractivity contribution in [2.45, 2.75) is 58.3 Å². The Labute approximate surface area is 154 Å². The van der Waals surface area contributed by atoms with E-state index in [0.717, 1.165) is 0 Å². The minimum Gasteiger partial charge on any atom is -0.0654 e. The maximum absolute atomic E-state index is 2.29. The largest absolute Gasteiger partial charge is 0.0654 e. The van der Waals surface area contributed by atoms with Gasteiger partial charge in [0.25, 0.3) is 0 Å². The first-order valence-electron chi connectivity index (χ1n) is 7.88. The van der Waals surface area contributed by atoms with Crippen molar-refractivity contribution in [1.82, 2.24) is 0 Å². The van der Waals surface area contributed by atoms with Gasteiger partial charge in [-0.25, -0.2) is 0 Å². The van der Waals surface area contributed by atoms with Crippen LogP contribution in [0.15, 0.2) is 42.5 Å². The molecule has 2 rings (SSSR count). The molecule has 0 fully saturated rings. The van der Waals surface area contributed by atoms with E-state index in [1.54, 1.807) is 0 Å². The van der Waals surface area contributed by atoms with Crippen molar-refractivity contribution in [1.29, 1.82) is 0 Å². The Morgan fingerprint density at radius 2 is 1.35 bits per heavy atom. The summed E-state index contributed by atoms with van der Waals surface area (Å²) in [5.41, 5.74) is 1.52. The number of benzene rings is 2. The predicted molar refractivity (Wildman–Crippen MR) is 91.4 cm³/mol. The molecule has 2 aromatic rings. The van der Waals surface area contributed by atoms with Crippen LogP contribution >= 0.6 is 0 Å². The van der Waals surface area contributed by atoms with E-state index in [1.165, 1.54) is 67.7 Å². The van der Waals surface area contributed by atoms with Gasteiger partial charge in [-0.3, -0.25) is 0 Å². The molecule has 0 N–H and O–H groups in total. The minimum absolute atomic E-state index is 0. The second-order valence-corrected chi connectivity index (χ2v) is 5.51.